The summed E-state index contributed by atoms with van der Waals surface area (Å²) in [6.45, 7) is -1.23. The van der Waals surface area contributed by atoms with Gasteiger partial charge in [0.25, 0.3) is 0 Å². The second kappa shape index (κ2) is 9.50. The smallest absolute Gasteiger partial charge is 0.245 e. The van der Waals surface area contributed by atoms with E-state index >= 15 is 0 Å². The van der Waals surface area contributed by atoms with Gasteiger partial charge in [0.1, 0.15) is 18.3 Å². The molecule has 0 aliphatic rings. The molecule has 0 spiro atoms. The molecular weight excluding hydrogens is 464 g/mol. The number of aliphatic hydroxyl groups is 5. The molecule has 14 nitrogen and oxygen atoms in total. The minimum absolute atomic E-state index is 0.430. The summed E-state index contributed by atoms with van der Waals surface area (Å²) in [6.07, 6.45) is -7.85. The van der Waals surface area contributed by atoms with Gasteiger partial charge in [-0.3, -0.25) is 14.4 Å². The van der Waals surface area contributed by atoms with Crippen molar-refractivity contribution in [3.8, 4) is 34.5 Å². The molecule has 184 valence electrons. The zero-order valence-corrected chi connectivity index (χ0v) is 16.9. The number of phenolic OH excluding ortho intramolecular Hbond substituents is 6. The third-order valence-electron chi connectivity index (χ3n) is 4.90. The zero-order chi connectivity index (χ0) is 26.1. The van der Waals surface area contributed by atoms with Crippen LogP contribution in [-0.2, 0) is 4.79 Å². The Morgan fingerprint density at radius 2 is 1.12 bits per heavy atom. The molecule has 0 aliphatic heterocycles. The molecule has 0 saturated carbocycles. The molecule has 14 heteroatoms. The maximum atomic E-state index is 13.0. The second-order valence-corrected chi connectivity index (χ2v) is 7.17. The van der Waals surface area contributed by atoms with Crippen molar-refractivity contribution in [1.82, 2.24) is 0 Å². The van der Waals surface area contributed by atoms with Crippen LogP contribution in [0, 0.1) is 0 Å². The van der Waals surface area contributed by atoms with E-state index in [9.17, 15) is 65.4 Å². The van der Waals surface area contributed by atoms with Crippen LogP contribution in [0.1, 0.15) is 20.7 Å². The first-order chi connectivity index (χ1) is 15.7. The molecule has 2 aromatic rings. The molecule has 34 heavy (non-hydrogen) atoms. The number of aromatic hydroxyl groups is 6. The Morgan fingerprint density at radius 3 is 1.50 bits per heavy atom. The molecule has 0 heterocycles. The standard InChI is InChI=1S/C20H20O14/c21-5-12(26)16(30)19(33)20(34,17(31)7-3-10(24)15(29)11(25)4-7)18(32)13(27)6-1-8(22)14(28)9(23)2-6/h1-4,12,16,19,21-26,28-30,33-34H,5H2. The van der Waals surface area contributed by atoms with Crippen LogP contribution in [0.2, 0.25) is 0 Å². The van der Waals surface area contributed by atoms with E-state index in [1.807, 2.05) is 0 Å². The first-order valence-electron chi connectivity index (χ1n) is 9.19. The van der Waals surface area contributed by atoms with Gasteiger partial charge in [0.15, 0.2) is 34.5 Å². The highest BCUT2D eigenvalue weighted by molar-refractivity contribution is 6.51. The summed E-state index contributed by atoms with van der Waals surface area (Å²) in [7, 11) is 0. The Balaban J connectivity index is 2.69. The van der Waals surface area contributed by atoms with Crippen LogP contribution in [-0.4, -0.2) is 104 Å². The summed E-state index contributed by atoms with van der Waals surface area (Å²) >= 11 is 0. The van der Waals surface area contributed by atoms with E-state index in [0.717, 1.165) is 0 Å². The quantitative estimate of drug-likeness (QED) is 0.0751. The van der Waals surface area contributed by atoms with Gasteiger partial charge in [-0.2, -0.15) is 0 Å². The lowest BCUT2D eigenvalue weighted by atomic mass is 9.78. The molecule has 0 amide bonds. The van der Waals surface area contributed by atoms with Gasteiger partial charge in [0.2, 0.25) is 23.0 Å². The Hall–Kier alpha value is -3.95. The fraction of sp³-hybridized carbons (Fsp3) is 0.250. The van der Waals surface area contributed by atoms with E-state index in [2.05, 4.69) is 0 Å². The number of hydrogen-bond donors (Lipinski definition) is 11. The molecule has 4 unspecified atom stereocenters. The number of carbonyl (C=O) groups excluding carboxylic acids is 3. The monoisotopic (exact) mass is 484 g/mol. The molecule has 4 atom stereocenters. The number of rotatable bonds is 9. The summed E-state index contributed by atoms with van der Waals surface area (Å²) < 4.78 is 0. The normalized spacial score (nSPS) is 15.7. The fourth-order valence-corrected chi connectivity index (χ4v) is 2.93. The van der Waals surface area contributed by atoms with E-state index in [4.69, 9.17) is 5.11 Å². The summed E-state index contributed by atoms with van der Waals surface area (Å²) in [6, 6.07) is 1.79. The predicted molar refractivity (Wildman–Crippen MR) is 107 cm³/mol. The third kappa shape index (κ3) is 4.43. The van der Waals surface area contributed by atoms with Crippen LogP contribution in [0.15, 0.2) is 24.3 Å². The number of hydrogen-bond acceptors (Lipinski definition) is 14. The molecule has 0 fully saturated rings. The lowest BCUT2D eigenvalue weighted by Crippen LogP contribution is -2.63. The van der Waals surface area contributed by atoms with Crippen molar-refractivity contribution in [2.45, 2.75) is 23.9 Å². The van der Waals surface area contributed by atoms with E-state index in [1.165, 1.54) is 0 Å². The first-order valence-corrected chi connectivity index (χ1v) is 9.19. The number of carbonyl (C=O) groups is 3. The lowest BCUT2D eigenvalue weighted by molar-refractivity contribution is -0.158. The maximum Gasteiger partial charge on any atom is 0.245 e. The molecule has 2 aromatic carbocycles. The topological polar surface area (TPSA) is 274 Å². The SMILES string of the molecule is O=C(C(=O)C(O)(C(=O)c1cc(O)c(O)c(O)c1)C(O)C(O)C(O)CO)c1cc(O)c(O)c(O)c1. The van der Waals surface area contributed by atoms with Gasteiger partial charge in [-0.15, -0.1) is 0 Å². The van der Waals surface area contributed by atoms with Crippen molar-refractivity contribution in [2.75, 3.05) is 6.61 Å². The van der Waals surface area contributed by atoms with Crippen LogP contribution in [0.4, 0.5) is 0 Å². The maximum absolute atomic E-state index is 13.0. The van der Waals surface area contributed by atoms with Crippen LogP contribution >= 0.6 is 0 Å². The van der Waals surface area contributed by atoms with E-state index in [0.29, 0.717) is 24.3 Å². The highest BCUT2D eigenvalue weighted by atomic mass is 16.4. The molecule has 2 rings (SSSR count). The third-order valence-corrected chi connectivity index (χ3v) is 4.90. The Bertz CT molecular complexity index is 1100. The van der Waals surface area contributed by atoms with Crippen LogP contribution in [0.25, 0.3) is 0 Å². The molecule has 11 N–H and O–H groups in total. The van der Waals surface area contributed by atoms with Crippen molar-refractivity contribution in [2.24, 2.45) is 0 Å². The van der Waals surface area contributed by atoms with Crippen LogP contribution in [0.3, 0.4) is 0 Å². The van der Waals surface area contributed by atoms with Gasteiger partial charge in [0.05, 0.1) is 6.61 Å². The second-order valence-electron chi connectivity index (χ2n) is 7.17. The number of benzene rings is 2. The number of aliphatic hydroxyl groups excluding tert-OH is 4. The van der Waals surface area contributed by atoms with Gasteiger partial charge in [-0.1, -0.05) is 0 Å². The number of Topliss-reactive ketones (excluding diaryl/α,β-unsaturated/α-hetero) is 3. The predicted octanol–water partition coefficient (Wildman–Crippen LogP) is -2.64. The van der Waals surface area contributed by atoms with Gasteiger partial charge >= 0.3 is 0 Å². The van der Waals surface area contributed by atoms with Gasteiger partial charge in [-0.05, 0) is 24.3 Å². The van der Waals surface area contributed by atoms with Gasteiger partial charge in [-0.25, -0.2) is 0 Å². The van der Waals surface area contributed by atoms with E-state index in [-0.39, 0.29) is 0 Å². The summed E-state index contributed by atoms with van der Waals surface area (Å²) in [4.78, 5) is 38.7. The van der Waals surface area contributed by atoms with Gasteiger partial charge < -0.3 is 56.2 Å². The number of ketones is 3. The largest absolute Gasteiger partial charge is 0.504 e. The van der Waals surface area contributed by atoms with Crippen molar-refractivity contribution in [3.05, 3.63) is 35.4 Å². The summed E-state index contributed by atoms with van der Waals surface area (Å²) in [5.74, 6) is -12.6. The number of phenols is 6. The Kier molecular flexibility index (Phi) is 7.35. The van der Waals surface area contributed by atoms with Crippen LogP contribution < -0.4 is 0 Å². The average Bonchev–Trinajstić information content (AvgIpc) is 2.81. The Labute approximate surface area is 189 Å². The molecule has 0 saturated heterocycles. The fourth-order valence-electron chi connectivity index (χ4n) is 2.93. The van der Waals surface area contributed by atoms with Crippen molar-refractivity contribution < 1.29 is 70.6 Å². The van der Waals surface area contributed by atoms with E-state index in [1.54, 1.807) is 0 Å². The highest BCUT2D eigenvalue weighted by Crippen LogP contribution is 2.38. The van der Waals surface area contributed by atoms with Gasteiger partial charge in [0, 0.05) is 11.1 Å². The zero-order valence-electron chi connectivity index (χ0n) is 16.9. The van der Waals surface area contributed by atoms with Crippen molar-refractivity contribution in [3.63, 3.8) is 0 Å². The van der Waals surface area contributed by atoms with Crippen molar-refractivity contribution in [1.29, 1.82) is 0 Å². The molecule has 0 aliphatic carbocycles. The van der Waals surface area contributed by atoms with Crippen molar-refractivity contribution >= 4 is 17.3 Å². The minimum atomic E-state index is -3.95. The Morgan fingerprint density at radius 1 is 0.735 bits per heavy atom. The lowest BCUT2D eigenvalue weighted by Gasteiger charge is -2.33. The summed E-state index contributed by atoms with van der Waals surface area (Å²) in [5.41, 5.74) is -5.81. The van der Waals surface area contributed by atoms with Crippen LogP contribution in [0.5, 0.6) is 34.5 Å². The van der Waals surface area contributed by atoms with E-state index < -0.39 is 93.5 Å². The highest BCUT2D eigenvalue weighted by Gasteiger charge is 2.56. The molecule has 0 aromatic heterocycles. The molecular formula is C20H20O14. The summed E-state index contributed by atoms with van der Waals surface area (Å²) in [5, 5.41) is 107. The molecule has 0 radical (unpaired) electrons. The minimum Gasteiger partial charge on any atom is -0.504 e. The first kappa shape index (κ1) is 26.3. The molecule has 0 bridgehead atoms. The average molecular weight is 484 g/mol.